The zero-order chi connectivity index (χ0) is 23.3. The molecule has 0 aliphatic carbocycles. The maximum Gasteiger partial charge on any atom is 0.336 e. The highest BCUT2D eigenvalue weighted by molar-refractivity contribution is 5.99. The van der Waals surface area contributed by atoms with Crippen molar-refractivity contribution in [2.75, 3.05) is 16.8 Å². The first-order valence-electron chi connectivity index (χ1n) is 10.3. The molecule has 2 aromatic carbocycles. The number of H-pyrrole nitrogens is 1. The van der Waals surface area contributed by atoms with E-state index in [9.17, 15) is 14.7 Å². The fraction of sp³-hybridized carbons (Fsp3) is 0.280. The van der Waals surface area contributed by atoms with Crippen molar-refractivity contribution >= 4 is 34.7 Å². The summed E-state index contributed by atoms with van der Waals surface area (Å²) in [6.07, 6.45) is 0.734. The van der Waals surface area contributed by atoms with Crippen molar-refractivity contribution < 1.29 is 14.7 Å². The molecule has 0 saturated heterocycles. The zero-order valence-electron chi connectivity index (χ0n) is 19.1. The van der Waals surface area contributed by atoms with E-state index in [0.717, 1.165) is 40.0 Å². The van der Waals surface area contributed by atoms with Gasteiger partial charge in [0.1, 0.15) is 0 Å². The molecule has 2 N–H and O–H groups in total. The van der Waals surface area contributed by atoms with E-state index in [0.29, 0.717) is 11.3 Å². The number of carboxylic acids is 1. The highest BCUT2D eigenvalue weighted by Crippen LogP contribution is 2.33. The number of allylic oxidation sites excluding steroid dienone is 1. The number of anilines is 2. The molecule has 0 aliphatic heterocycles. The first-order chi connectivity index (χ1) is 14.8. The standard InChI is InChI=1S/C23H25N3O3.C2H6/c1-14(2)25(5)20-8-6-7-9-21(20)26(13-27)12-19-18(23(28)29)11-10-17-15(3)16(4)24-22(17)19;1-2/h6-11,13,24H,1,12H2,2-5H3,(H,28,29);1-2H3. The number of nitrogens with zero attached hydrogens (tertiary/aromatic N) is 2. The van der Waals surface area contributed by atoms with E-state index >= 15 is 0 Å². The summed E-state index contributed by atoms with van der Waals surface area (Å²) in [6.45, 7) is 13.9. The van der Waals surface area contributed by atoms with Crippen molar-refractivity contribution in [1.29, 1.82) is 0 Å². The number of benzene rings is 2. The zero-order valence-corrected chi connectivity index (χ0v) is 19.1. The molecule has 0 atom stereocenters. The molecule has 164 valence electrons. The van der Waals surface area contributed by atoms with Gasteiger partial charge in [-0.2, -0.15) is 0 Å². The lowest BCUT2D eigenvalue weighted by Gasteiger charge is -2.27. The summed E-state index contributed by atoms with van der Waals surface area (Å²) in [5, 5.41) is 10.7. The van der Waals surface area contributed by atoms with Crippen LogP contribution in [0, 0.1) is 13.8 Å². The molecule has 1 heterocycles. The van der Waals surface area contributed by atoms with Crippen molar-refractivity contribution in [2.24, 2.45) is 0 Å². The predicted octanol–water partition coefficient (Wildman–Crippen LogP) is 5.64. The first-order valence-corrected chi connectivity index (χ1v) is 10.3. The van der Waals surface area contributed by atoms with E-state index in [2.05, 4.69) is 11.6 Å². The van der Waals surface area contributed by atoms with Crippen LogP contribution < -0.4 is 9.80 Å². The minimum absolute atomic E-state index is 0.128. The second kappa shape index (κ2) is 9.98. The van der Waals surface area contributed by atoms with Crippen molar-refractivity contribution in [2.45, 2.75) is 41.2 Å². The van der Waals surface area contributed by atoms with Crippen LogP contribution >= 0.6 is 0 Å². The van der Waals surface area contributed by atoms with Gasteiger partial charge in [0.2, 0.25) is 6.41 Å². The fourth-order valence-electron chi connectivity index (χ4n) is 3.50. The molecular weight excluding hydrogens is 390 g/mol. The summed E-state index contributed by atoms with van der Waals surface area (Å²) in [4.78, 5) is 30.7. The average molecular weight is 422 g/mol. The maximum absolute atomic E-state index is 12.1. The summed E-state index contributed by atoms with van der Waals surface area (Å²) in [5.74, 6) is -1.02. The molecule has 0 bridgehead atoms. The van der Waals surface area contributed by atoms with Gasteiger partial charge >= 0.3 is 5.97 Å². The highest BCUT2D eigenvalue weighted by Gasteiger charge is 2.21. The molecule has 6 nitrogen and oxygen atoms in total. The number of nitrogens with one attached hydrogen (secondary N) is 1. The number of fused-ring (bicyclic) bond motifs is 1. The minimum atomic E-state index is -1.02. The number of aryl methyl sites for hydroxylation is 2. The molecule has 3 rings (SSSR count). The Morgan fingerprint density at radius 3 is 2.29 bits per heavy atom. The van der Waals surface area contributed by atoms with Crippen molar-refractivity contribution in [1.82, 2.24) is 4.98 Å². The third-order valence-corrected chi connectivity index (χ3v) is 5.40. The fourth-order valence-corrected chi connectivity index (χ4v) is 3.50. The van der Waals surface area contributed by atoms with Crippen LogP contribution in [0.2, 0.25) is 0 Å². The number of hydrogen-bond donors (Lipinski definition) is 2. The molecule has 1 aromatic heterocycles. The van der Waals surface area contributed by atoms with Gasteiger partial charge < -0.3 is 19.9 Å². The van der Waals surface area contributed by atoms with E-state index in [4.69, 9.17) is 0 Å². The van der Waals surface area contributed by atoms with Gasteiger partial charge in [-0.25, -0.2) is 4.79 Å². The van der Waals surface area contributed by atoms with Gasteiger partial charge in [0, 0.05) is 29.4 Å². The third-order valence-electron chi connectivity index (χ3n) is 5.40. The number of aromatic nitrogens is 1. The number of amides is 1. The van der Waals surface area contributed by atoms with Crippen LogP contribution in [0.25, 0.3) is 10.9 Å². The van der Waals surface area contributed by atoms with Gasteiger partial charge in [0.25, 0.3) is 0 Å². The van der Waals surface area contributed by atoms with Crippen LogP contribution in [0.5, 0.6) is 0 Å². The SMILES string of the molecule is C=C(C)N(C)c1ccccc1N(C=O)Cc1c(C(=O)O)ccc2c(C)c(C)[nH]c12.CC. The quantitative estimate of drug-likeness (QED) is 0.484. The molecule has 0 saturated carbocycles. The van der Waals surface area contributed by atoms with Crippen LogP contribution in [0.3, 0.4) is 0 Å². The van der Waals surface area contributed by atoms with Crippen LogP contribution in [0.1, 0.15) is 48.0 Å². The van der Waals surface area contributed by atoms with Crippen LogP contribution in [0.4, 0.5) is 11.4 Å². The predicted molar refractivity (Wildman–Crippen MR) is 128 cm³/mol. The molecule has 31 heavy (non-hydrogen) atoms. The lowest BCUT2D eigenvalue weighted by molar-refractivity contribution is -0.107. The Balaban J connectivity index is 0.00000166. The molecule has 1 amide bonds. The average Bonchev–Trinajstić information content (AvgIpc) is 3.06. The Bertz CT molecular complexity index is 1110. The van der Waals surface area contributed by atoms with Crippen molar-refractivity contribution in [3.05, 3.63) is 71.1 Å². The van der Waals surface area contributed by atoms with E-state index in [1.807, 2.05) is 76.9 Å². The lowest BCUT2D eigenvalue weighted by Crippen LogP contribution is -2.25. The Kier molecular flexibility index (Phi) is 7.64. The van der Waals surface area contributed by atoms with Gasteiger partial charge in [-0.1, -0.05) is 38.6 Å². The second-order valence-corrected chi connectivity index (χ2v) is 7.21. The summed E-state index contributed by atoms with van der Waals surface area (Å²) >= 11 is 0. The molecule has 0 unspecified atom stereocenters. The Labute approximate surface area is 183 Å². The number of carbonyl (C=O) groups excluding carboxylic acids is 1. The summed E-state index contributed by atoms with van der Waals surface area (Å²) in [5.41, 5.74) is 5.87. The van der Waals surface area contributed by atoms with Crippen LogP contribution in [-0.2, 0) is 11.3 Å². The maximum atomic E-state index is 12.1. The van der Waals surface area contributed by atoms with Crippen LogP contribution in [-0.4, -0.2) is 29.5 Å². The molecule has 6 heteroatoms. The van der Waals surface area contributed by atoms with Gasteiger partial charge in [0.15, 0.2) is 0 Å². The first kappa shape index (κ1) is 23.7. The van der Waals surface area contributed by atoms with Gasteiger partial charge in [-0.05, 0) is 44.5 Å². The summed E-state index contributed by atoms with van der Waals surface area (Å²) in [6, 6.07) is 10.9. The van der Waals surface area contributed by atoms with Gasteiger partial charge in [-0.3, -0.25) is 4.79 Å². The number of rotatable bonds is 7. The summed E-state index contributed by atoms with van der Waals surface area (Å²) < 4.78 is 0. The van der Waals surface area contributed by atoms with Crippen molar-refractivity contribution in [3.8, 4) is 0 Å². The Morgan fingerprint density at radius 1 is 1.13 bits per heavy atom. The third kappa shape index (κ3) is 4.63. The lowest BCUT2D eigenvalue weighted by atomic mass is 10.0. The number of hydrogen-bond acceptors (Lipinski definition) is 3. The number of carboxylic acid groups (broad SMARTS) is 1. The van der Waals surface area contributed by atoms with Gasteiger partial charge in [-0.15, -0.1) is 0 Å². The Morgan fingerprint density at radius 2 is 1.74 bits per heavy atom. The largest absolute Gasteiger partial charge is 0.478 e. The molecule has 0 fully saturated rings. The monoisotopic (exact) mass is 421 g/mol. The van der Waals surface area contributed by atoms with Gasteiger partial charge in [0.05, 0.1) is 29.0 Å². The summed E-state index contributed by atoms with van der Waals surface area (Å²) in [7, 11) is 1.88. The highest BCUT2D eigenvalue weighted by atomic mass is 16.4. The minimum Gasteiger partial charge on any atom is -0.478 e. The molecular formula is C25H31N3O3. The number of carbonyl (C=O) groups is 2. The molecule has 0 spiro atoms. The number of para-hydroxylation sites is 2. The van der Waals surface area contributed by atoms with E-state index in [1.54, 1.807) is 6.07 Å². The molecule has 0 radical (unpaired) electrons. The normalized spacial score (nSPS) is 10.3. The van der Waals surface area contributed by atoms with E-state index < -0.39 is 5.97 Å². The Hall–Kier alpha value is -3.54. The molecule has 3 aromatic rings. The number of aromatic amines is 1. The van der Waals surface area contributed by atoms with Crippen molar-refractivity contribution in [3.63, 3.8) is 0 Å². The van der Waals surface area contributed by atoms with E-state index in [-0.39, 0.29) is 12.1 Å². The van der Waals surface area contributed by atoms with Crippen LogP contribution in [0.15, 0.2) is 48.7 Å². The molecule has 0 aliphatic rings. The smallest absolute Gasteiger partial charge is 0.336 e. The second-order valence-electron chi connectivity index (χ2n) is 7.21. The topological polar surface area (TPSA) is 76.6 Å². The number of aromatic carboxylic acids is 1. The van der Waals surface area contributed by atoms with E-state index in [1.165, 1.54) is 4.90 Å².